The van der Waals surface area contributed by atoms with Crippen molar-refractivity contribution in [1.82, 2.24) is 5.32 Å². The van der Waals surface area contributed by atoms with Crippen LogP contribution in [0.2, 0.25) is 0 Å². The zero-order valence-corrected chi connectivity index (χ0v) is 11.1. The average molecular weight is 257 g/mol. The Hall–Kier alpha value is -1.45. The van der Waals surface area contributed by atoms with Gasteiger partial charge in [-0.3, -0.25) is 4.79 Å². The van der Waals surface area contributed by atoms with Gasteiger partial charge < -0.3 is 5.32 Å². The lowest BCUT2D eigenvalue weighted by molar-refractivity contribution is 0.104. The van der Waals surface area contributed by atoms with Crippen molar-refractivity contribution in [1.29, 1.82) is 0 Å². The standard InChI is InChI=1S/C15H15NOS/c1-10-5-7-18-15(10)14(17)12-3-2-11-4-6-16-9-13(11)8-12/h2-3,5,7-8,16H,4,6,9H2,1H3. The van der Waals surface area contributed by atoms with Crippen LogP contribution in [0.5, 0.6) is 0 Å². The van der Waals surface area contributed by atoms with E-state index in [0.717, 1.165) is 35.5 Å². The number of thiophene rings is 1. The first-order valence-corrected chi connectivity index (χ1v) is 7.05. The first-order chi connectivity index (χ1) is 8.75. The number of hydrogen-bond donors (Lipinski definition) is 1. The monoisotopic (exact) mass is 257 g/mol. The van der Waals surface area contributed by atoms with E-state index in [9.17, 15) is 4.79 Å². The van der Waals surface area contributed by atoms with Crippen LogP contribution in [0.1, 0.15) is 31.9 Å². The van der Waals surface area contributed by atoms with Gasteiger partial charge in [0.1, 0.15) is 0 Å². The molecule has 0 fully saturated rings. The fourth-order valence-electron chi connectivity index (χ4n) is 2.36. The van der Waals surface area contributed by atoms with Crippen LogP contribution >= 0.6 is 11.3 Å². The van der Waals surface area contributed by atoms with Crippen molar-refractivity contribution in [3.05, 3.63) is 56.8 Å². The van der Waals surface area contributed by atoms with Gasteiger partial charge in [-0.25, -0.2) is 0 Å². The molecule has 0 saturated heterocycles. The van der Waals surface area contributed by atoms with Crippen LogP contribution in [0.15, 0.2) is 29.6 Å². The minimum absolute atomic E-state index is 0.149. The summed E-state index contributed by atoms with van der Waals surface area (Å²) in [4.78, 5) is 13.3. The van der Waals surface area contributed by atoms with E-state index in [0.29, 0.717) is 0 Å². The smallest absolute Gasteiger partial charge is 0.203 e. The Kier molecular flexibility index (Phi) is 3.02. The molecule has 1 aliphatic heterocycles. The van der Waals surface area contributed by atoms with Gasteiger partial charge in [-0.05, 0) is 54.1 Å². The Balaban J connectivity index is 1.98. The Morgan fingerprint density at radius 2 is 2.17 bits per heavy atom. The molecule has 2 nitrogen and oxygen atoms in total. The van der Waals surface area contributed by atoms with Gasteiger partial charge in [0.15, 0.2) is 0 Å². The van der Waals surface area contributed by atoms with Crippen LogP contribution in [-0.4, -0.2) is 12.3 Å². The van der Waals surface area contributed by atoms with Crippen LogP contribution in [0.4, 0.5) is 0 Å². The largest absolute Gasteiger partial charge is 0.312 e. The minimum Gasteiger partial charge on any atom is -0.312 e. The molecule has 2 heterocycles. The molecule has 0 aliphatic carbocycles. The van der Waals surface area contributed by atoms with Crippen LogP contribution in [0.3, 0.4) is 0 Å². The van der Waals surface area contributed by atoms with Crippen LogP contribution < -0.4 is 5.32 Å². The molecule has 92 valence electrons. The number of hydrogen-bond acceptors (Lipinski definition) is 3. The van der Waals surface area contributed by atoms with E-state index in [1.54, 1.807) is 0 Å². The summed E-state index contributed by atoms with van der Waals surface area (Å²) in [6.07, 6.45) is 1.06. The maximum Gasteiger partial charge on any atom is 0.203 e. The van der Waals surface area contributed by atoms with E-state index in [-0.39, 0.29) is 5.78 Å². The molecule has 1 aliphatic rings. The molecule has 18 heavy (non-hydrogen) atoms. The predicted molar refractivity (Wildman–Crippen MR) is 74.3 cm³/mol. The number of rotatable bonds is 2. The lowest BCUT2D eigenvalue weighted by atomic mass is 9.96. The van der Waals surface area contributed by atoms with Crippen LogP contribution in [0.25, 0.3) is 0 Å². The number of nitrogens with one attached hydrogen (secondary N) is 1. The van der Waals surface area contributed by atoms with Gasteiger partial charge in [-0.1, -0.05) is 12.1 Å². The van der Waals surface area contributed by atoms with E-state index >= 15 is 0 Å². The highest BCUT2D eigenvalue weighted by atomic mass is 32.1. The molecule has 1 aromatic heterocycles. The highest BCUT2D eigenvalue weighted by Gasteiger charge is 2.16. The number of carbonyl (C=O) groups is 1. The topological polar surface area (TPSA) is 29.1 Å². The summed E-state index contributed by atoms with van der Waals surface area (Å²) >= 11 is 1.52. The molecule has 1 N–H and O–H groups in total. The Labute approximate surface area is 111 Å². The summed E-state index contributed by atoms with van der Waals surface area (Å²) in [6.45, 7) is 3.90. The number of fused-ring (bicyclic) bond motifs is 1. The van der Waals surface area contributed by atoms with Crippen LogP contribution in [0, 0.1) is 6.92 Å². The van der Waals surface area contributed by atoms with Gasteiger partial charge in [-0.15, -0.1) is 11.3 Å². The molecule has 3 rings (SSSR count). The Bertz CT molecular complexity index is 600. The van der Waals surface area contributed by atoms with Gasteiger partial charge in [0, 0.05) is 12.1 Å². The normalized spacial score (nSPS) is 14.3. The predicted octanol–water partition coefficient (Wildman–Crippen LogP) is 2.93. The molecule has 2 aromatic rings. The second kappa shape index (κ2) is 4.67. The van der Waals surface area contributed by atoms with Crippen molar-refractivity contribution in [3.63, 3.8) is 0 Å². The summed E-state index contributed by atoms with van der Waals surface area (Å²) < 4.78 is 0. The van der Waals surface area contributed by atoms with Gasteiger partial charge in [0.05, 0.1) is 4.88 Å². The van der Waals surface area contributed by atoms with E-state index in [1.807, 2.05) is 30.5 Å². The van der Waals surface area contributed by atoms with Gasteiger partial charge >= 0.3 is 0 Å². The molecule has 0 amide bonds. The molecule has 0 saturated carbocycles. The third kappa shape index (κ3) is 2.00. The van der Waals surface area contributed by atoms with Crippen molar-refractivity contribution >= 4 is 17.1 Å². The summed E-state index contributed by atoms with van der Waals surface area (Å²) in [5, 5.41) is 5.32. The first kappa shape index (κ1) is 11.6. The van der Waals surface area contributed by atoms with E-state index in [2.05, 4.69) is 11.4 Å². The summed E-state index contributed by atoms with van der Waals surface area (Å²) in [5.74, 6) is 0.149. The molecular weight excluding hydrogens is 242 g/mol. The highest BCUT2D eigenvalue weighted by Crippen LogP contribution is 2.22. The molecule has 0 radical (unpaired) electrons. The van der Waals surface area contributed by atoms with E-state index < -0.39 is 0 Å². The SMILES string of the molecule is Cc1ccsc1C(=O)c1ccc2c(c1)CNCC2. The van der Waals surface area contributed by atoms with Crippen LogP contribution in [-0.2, 0) is 13.0 Å². The molecule has 3 heteroatoms. The highest BCUT2D eigenvalue weighted by molar-refractivity contribution is 7.12. The quantitative estimate of drug-likeness (QED) is 0.838. The average Bonchev–Trinajstić information content (AvgIpc) is 2.83. The lowest BCUT2D eigenvalue weighted by Crippen LogP contribution is -2.23. The number of ketones is 1. The van der Waals surface area contributed by atoms with Crippen molar-refractivity contribution in [2.45, 2.75) is 19.9 Å². The zero-order valence-electron chi connectivity index (χ0n) is 10.3. The fraction of sp³-hybridized carbons (Fsp3) is 0.267. The second-order valence-corrected chi connectivity index (χ2v) is 5.59. The van der Waals surface area contributed by atoms with E-state index in [1.165, 1.54) is 22.5 Å². The zero-order chi connectivity index (χ0) is 12.5. The second-order valence-electron chi connectivity index (χ2n) is 4.67. The first-order valence-electron chi connectivity index (χ1n) is 6.17. The van der Waals surface area contributed by atoms with E-state index in [4.69, 9.17) is 0 Å². The van der Waals surface area contributed by atoms with Crippen molar-refractivity contribution < 1.29 is 4.79 Å². The molecule has 0 unspecified atom stereocenters. The third-order valence-corrected chi connectivity index (χ3v) is 4.44. The molecule has 1 aromatic carbocycles. The Morgan fingerprint density at radius 1 is 1.28 bits per heavy atom. The molecule has 0 bridgehead atoms. The summed E-state index contributed by atoms with van der Waals surface area (Å²) in [5.41, 5.74) is 4.51. The number of aryl methyl sites for hydroxylation is 1. The number of carbonyl (C=O) groups excluding carboxylic acids is 1. The third-order valence-electron chi connectivity index (χ3n) is 3.42. The number of benzene rings is 1. The summed E-state index contributed by atoms with van der Waals surface area (Å²) in [7, 11) is 0. The molecule has 0 spiro atoms. The van der Waals surface area contributed by atoms with Crippen molar-refractivity contribution in [2.75, 3.05) is 6.54 Å². The minimum atomic E-state index is 0.149. The molecule has 0 atom stereocenters. The van der Waals surface area contributed by atoms with Crippen molar-refractivity contribution in [2.24, 2.45) is 0 Å². The van der Waals surface area contributed by atoms with Gasteiger partial charge in [0.2, 0.25) is 5.78 Å². The fourth-order valence-corrected chi connectivity index (χ4v) is 3.25. The van der Waals surface area contributed by atoms with Gasteiger partial charge in [-0.2, -0.15) is 0 Å². The maximum atomic E-state index is 12.4. The Morgan fingerprint density at radius 3 is 2.94 bits per heavy atom. The van der Waals surface area contributed by atoms with Crippen molar-refractivity contribution in [3.8, 4) is 0 Å². The summed E-state index contributed by atoms with van der Waals surface area (Å²) in [6, 6.07) is 8.11. The molecular formula is C15H15NOS. The lowest BCUT2D eigenvalue weighted by Gasteiger charge is -2.17. The maximum absolute atomic E-state index is 12.4. The van der Waals surface area contributed by atoms with Gasteiger partial charge in [0.25, 0.3) is 0 Å².